The van der Waals surface area contributed by atoms with Crippen LogP contribution in [0.25, 0.3) is 0 Å². The minimum absolute atomic E-state index is 0.0635. The first-order valence-electron chi connectivity index (χ1n) is 13.6. The third-order valence-corrected chi connectivity index (χ3v) is 6.17. The van der Waals surface area contributed by atoms with Crippen LogP contribution >= 0.6 is 0 Å². The van der Waals surface area contributed by atoms with Gasteiger partial charge in [0.2, 0.25) is 11.8 Å². The van der Waals surface area contributed by atoms with Crippen molar-refractivity contribution in [3.8, 4) is 0 Å². The number of ether oxygens (including phenoxy) is 6. The molecule has 1 aliphatic heterocycles. The molecular formula is C28H39N3O12. The summed E-state index contributed by atoms with van der Waals surface area (Å²) in [6.45, 7) is 4.49. The Bertz CT molecular complexity index is 1130. The molecule has 238 valence electrons. The molecular weight excluding hydrogens is 570 g/mol. The maximum atomic E-state index is 12.8. The maximum absolute atomic E-state index is 12.8. The van der Waals surface area contributed by atoms with Gasteiger partial charge in [-0.15, -0.1) is 0 Å². The fourth-order valence-corrected chi connectivity index (χ4v) is 4.17. The predicted molar refractivity (Wildman–Crippen MR) is 146 cm³/mol. The van der Waals surface area contributed by atoms with Gasteiger partial charge in [0.15, 0.2) is 24.6 Å². The summed E-state index contributed by atoms with van der Waals surface area (Å²) >= 11 is 0. The van der Waals surface area contributed by atoms with Crippen molar-refractivity contribution in [3.63, 3.8) is 0 Å². The highest BCUT2D eigenvalue weighted by atomic mass is 16.7. The van der Waals surface area contributed by atoms with Gasteiger partial charge in [-0.1, -0.05) is 30.3 Å². The van der Waals surface area contributed by atoms with Gasteiger partial charge >= 0.3 is 23.9 Å². The Kier molecular flexibility index (Phi) is 14.0. The second-order valence-corrected chi connectivity index (χ2v) is 9.73. The molecule has 1 aromatic rings. The highest BCUT2D eigenvalue weighted by Crippen LogP contribution is 2.29. The van der Waals surface area contributed by atoms with Gasteiger partial charge in [-0.2, -0.15) is 0 Å². The van der Waals surface area contributed by atoms with Crippen molar-refractivity contribution < 1.29 is 57.2 Å². The van der Waals surface area contributed by atoms with Gasteiger partial charge in [-0.05, 0) is 18.9 Å². The molecule has 1 fully saturated rings. The monoisotopic (exact) mass is 609 g/mol. The van der Waals surface area contributed by atoms with Gasteiger partial charge in [0.25, 0.3) is 0 Å². The summed E-state index contributed by atoms with van der Waals surface area (Å²) in [6.07, 6.45) is -6.27. The van der Waals surface area contributed by atoms with Crippen LogP contribution in [-0.2, 0) is 63.8 Å². The normalized spacial score (nSPS) is 22.7. The fraction of sp³-hybridized carbons (Fsp3) is 0.571. The molecule has 4 N–H and O–H groups in total. The lowest BCUT2D eigenvalue weighted by Crippen LogP contribution is -2.61. The summed E-state index contributed by atoms with van der Waals surface area (Å²) in [5, 5.41) is 4.90. The van der Waals surface area contributed by atoms with Crippen LogP contribution in [0, 0.1) is 0 Å². The molecule has 2 rings (SSSR count). The molecule has 0 radical (unpaired) electrons. The van der Waals surface area contributed by atoms with E-state index >= 15 is 0 Å². The lowest BCUT2D eigenvalue weighted by molar-refractivity contribution is -0.301. The first-order chi connectivity index (χ1) is 20.3. The largest absolute Gasteiger partial charge is 0.461 e. The molecule has 0 spiro atoms. The number of nitrogens with one attached hydrogen (secondary N) is 2. The Labute approximate surface area is 249 Å². The molecule has 0 aliphatic carbocycles. The molecule has 0 unspecified atom stereocenters. The van der Waals surface area contributed by atoms with Gasteiger partial charge in [0.05, 0.1) is 12.7 Å². The van der Waals surface area contributed by atoms with Crippen molar-refractivity contribution in [1.82, 2.24) is 10.6 Å². The second kappa shape index (κ2) is 17.1. The third-order valence-electron chi connectivity index (χ3n) is 6.17. The van der Waals surface area contributed by atoms with E-state index in [0.29, 0.717) is 0 Å². The topological polar surface area (TPSA) is 208 Å². The zero-order valence-electron chi connectivity index (χ0n) is 24.7. The number of amides is 2. The number of nitrogens with two attached hydrogens (primary N) is 1. The van der Waals surface area contributed by atoms with Crippen LogP contribution in [0.5, 0.6) is 0 Å². The van der Waals surface area contributed by atoms with Crippen molar-refractivity contribution in [2.45, 2.75) is 89.9 Å². The van der Waals surface area contributed by atoms with Crippen molar-refractivity contribution >= 4 is 35.7 Å². The molecule has 0 saturated carbocycles. The molecule has 2 amide bonds. The average Bonchev–Trinajstić information content (AvgIpc) is 2.95. The van der Waals surface area contributed by atoms with Gasteiger partial charge in [-0.25, -0.2) is 0 Å². The minimum Gasteiger partial charge on any atom is -0.461 e. The average molecular weight is 610 g/mol. The van der Waals surface area contributed by atoms with Crippen LogP contribution < -0.4 is 16.4 Å². The Morgan fingerprint density at radius 1 is 0.884 bits per heavy atom. The van der Waals surface area contributed by atoms with Gasteiger partial charge < -0.3 is 44.8 Å². The van der Waals surface area contributed by atoms with E-state index in [0.717, 1.165) is 26.3 Å². The third kappa shape index (κ3) is 11.6. The standard InChI is InChI=1S/C28H39N3O12/c1-15-23(41-16(2)32)24(42-17(3)33)25(43-18(4)34)28(40-15)39-14-20(29)26(36)31-21(27(37)30-5)11-12-22(35)38-13-19-9-7-6-8-10-19/h6-10,15,20-21,23-25,28H,11-14,29H2,1-5H3,(H,30,37)(H,31,36)/t15-,20-,21+,23+,24+,25-,28-/m0/s1. The van der Waals surface area contributed by atoms with E-state index in [1.165, 1.54) is 14.0 Å². The van der Waals surface area contributed by atoms with Gasteiger partial charge in [-0.3, -0.25) is 28.8 Å². The molecule has 43 heavy (non-hydrogen) atoms. The van der Waals surface area contributed by atoms with E-state index in [-0.39, 0.29) is 19.4 Å². The fourth-order valence-electron chi connectivity index (χ4n) is 4.17. The summed E-state index contributed by atoms with van der Waals surface area (Å²) in [5.41, 5.74) is 6.80. The smallest absolute Gasteiger partial charge is 0.306 e. The van der Waals surface area contributed by atoms with Crippen LogP contribution in [0.1, 0.15) is 46.1 Å². The zero-order valence-corrected chi connectivity index (χ0v) is 24.7. The first-order valence-corrected chi connectivity index (χ1v) is 13.6. The van der Waals surface area contributed by atoms with Crippen LogP contribution in [-0.4, -0.2) is 92.1 Å². The molecule has 15 heteroatoms. The zero-order chi connectivity index (χ0) is 32.1. The predicted octanol–water partition coefficient (Wildman–Crippen LogP) is -0.375. The summed E-state index contributed by atoms with van der Waals surface area (Å²) < 4.78 is 32.5. The number of hydrogen-bond donors (Lipinski definition) is 3. The molecule has 15 nitrogen and oxygen atoms in total. The second-order valence-electron chi connectivity index (χ2n) is 9.73. The molecule has 7 atom stereocenters. The van der Waals surface area contributed by atoms with E-state index in [9.17, 15) is 28.8 Å². The highest BCUT2D eigenvalue weighted by Gasteiger charge is 2.51. The van der Waals surface area contributed by atoms with E-state index in [1.54, 1.807) is 12.1 Å². The van der Waals surface area contributed by atoms with Crippen molar-refractivity contribution in [2.75, 3.05) is 13.7 Å². The number of carbonyl (C=O) groups excluding carboxylic acids is 6. The lowest BCUT2D eigenvalue weighted by Gasteiger charge is -2.43. The first kappa shape index (κ1) is 35.1. The van der Waals surface area contributed by atoms with Crippen LogP contribution in [0.3, 0.4) is 0 Å². The molecule has 0 bridgehead atoms. The number of likely N-dealkylation sites (N-methyl/N-ethyl adjacent to an activating group) is 1. The number of esters is 4. The van der Waals surface area contributed by atoms with Crippen LogP contribution in [0.2, 0.25) is 0 Å². The summed E-state index contributed by atoms with van der Waals surface area (Å²) in [5.74, 6) is -4.10. The Morgan fingerprint density at radius 3 is 2.05 bits per heavy atom. The number of hydrogen-bond acceptors (Lipinski definition) is 13. The number of benzene rings is 1. The molecule has 1 heterocycles. The molecule has 1 saturated heterocycles. The van der Waals surface area contributed by atoms with Crippen LogP contribution in [0.15, 0.2) is 30.3 Å². The van der Waals surface area contributed by atoms with E-state index in [2.05, 4.69) is 10.6 Å². The molecule has 1 aromatic carbocycles. The summed E-state index contributed by atoms with van der Waals surface area (Å²) in [6, 6.07) is 6.60. The lowest BCUT2D eigenvalue weighted by atomic mass is 9.99. The SMILES string of the molecule is CNC(=O)[C@@H](CCC(=O)OCc1ccccc1)NC(=O)[C@@H](N)CO[C@H]1O[C@@H](C)[C@@H](OC(C)=O)[C@@H](OC(C)=O)[C@@H]1OC(C)=O. The van der Waals surface area contributed by atoms with Crippen molar-refractivity contribution in [3.05, 3.63) is 35.9 Å². The van der Waals surface area contributed by atoms with Gasteiger partial charge in [0.1, 0.15) is 18.7 Å². The van der Waals surface area contributed by atoms with Crippen molar-refractivity contribution in [1.29, 1.82) is 0 Å². The summed E-state index contributed by atoms with van der Waals surface area (Å²) in [7, 11) is 1.37. The Balaban J connectivity index is 2.02. The molecule has 0 aromatic heterocycles. The van der Waals surface area contributed by atoms with Crippen LogP contribution in [0.4, 0.5) is 0 Å². The quantitative estimate of drug-likeness (QED) is 0.182. The van der Waals surface area contributed by atoms with E-state index < -0.39 is 85.1 Å². The van der Waals surface area contributed by atoms with Gasteiger partial charge in [0, 0.05) is 34.2 Å². The summed E-state index contributed by atoms with van der Waals surface area (Å²) in [4.78, 5) is 72.7. The Morgan fingerprint density at radius 2 is 1.47 bits per heavy atom. The Hall–Kier alpha value is -4.08. The maximum Gasteiger partial charge on any atom is 0.306 e. The number of rotatable bonds is 14. The number of carbonyl (C=O) groups is 6. The van der Waals surface area contributed by atoms with E-state index in [1.807, 2.05) is 18.2 Å². The highest BCUT2D eigenvalue weighted by molar-refractivity contribution is 5.90. The van der Waals surface area contributed by atoms with Crippen molar-refractivity contribution in [2.24, 2.45) is 5.73 Å². The van der Waals surface area contributed by atoms with E-state index in [4.69, 9.17) is 34.2 Å². The molecule has 1 aliphatic rings. The minimum atomic E-state index is -1.38.